The number of furan rings is 1. The van der Waals surface area contributed by atoms with Gasteiger partial charge in [0.1, 0.15) is 28.3 Å². The third-order valence-electron chi connectivity index (χ3n) is 6.18. The van der Waals surface area contributed by atoms with Crippen molar-refractivity contribution in [2.45, 2.75) is 40.0 Å². The van der Waals surface area contributed by atoms with E-state index in [9.17, 15) is 15.4 Å². The lowest BCUT2D eigenvalue weighted by atomic mass is 9.72. The molecule has 8 heteroatoms. The number of nitrogens with zero attached hydrogens (tertiary/aromatic N) is 3. The number of hydrogen-bond acceptors (Lipinski definition) is 7. The van der Waals surface area contributed by atoms with Crippen molar-refractivity contribution < 1.29 is 14.1 Å². The predicted molar refractivity (Wildman–Crippen MR) is 129 cm³/mol. The zero-order valence-corrected chi connectivity index (χ0v) is 19.9. The Hall–Kier alpha value is -3.44. The Labute approximate surface area is 196 Å². The van der Waals surface area contributed by atoms with Gasteiger partial charge in [-0.2, -0.15) is 5.26 Å². The first kappa shape index (κ1) is 22.7. The minimum atomic E-state index is -0.458. The molecule has 1 aliphatic rings. The maximum absolute atomic E-state index is 11.2. The van der Waals surface area contributed by atoms with Crippen LogP contribution < -0.4 is 4.74 Å². The Bertz CT molecular complexity index is 1270. The molecule has 33 heavy (non-hydrogen) atoms. The van der Waals surface area contributed by atoms with Crippen LogP contribution in [-0.4, -0.2) is 18.2 Å². The normalized spacial score (nSPS) is 15.9. The number of nitro benzene ring substituents is 1. The summed E-state index contributed by atoms with van der Waals surface area (Å²) in [6, 6.07) is 10.2. The number of ether oxygens (including phenoxy) is 1. The van der Waals surface area contributed by atoms with Crippen molar-refractivity contribution in [2.75, 3.05) is 7.11 Å². The molecular formula is C25H25N3O4S. The first-order valence-corrected chi connectivity index (χ1v) is 11.5. The SMILES string of the molecule is COc1ccc([N+](=O)[O-])cc1-c1ccc(C=Nc2sc3c(c2C#N)CC[C@@H](C(C)(C)C)C3)o1. The molecule has 0 saturated carbocycles. The molecule has 4 rings (SSSR count). The lowest BCUT2D eigenvalue weighted by molar-refractivity contribution is -0.384. The summed E-state index contributed by atoms with van der Waals surface area (Å²) in [5.41, 5.74) is 2.47. The summed E-state index contributed by atoms with van der Waals surface area (Å²) in [5, 5.41) is 21.6. The number of thiophene rings is 1. The van der Waals surface area contributed by atoms with E-state index in [2.05, 4.69) is 31.8 Å². The molecule has 0 fully saturated rings. The Morgan fingerprint density at radius 1 is 1.33 bits per heavy atom. The standard InChI is InChI=1S/C25H25N3O4S/c1-25(2,3)15-5-8-18-20(13-26)24(33-23(18)11-15)27-14-17-7-10-22(32-17)19-12-16(28(29)30)6-9-21(19)31-4/h6-7,9-10,12,14-15H,5,8,11H2,1-4H3/t15-/m1/s1. The quantitative estimate of drug-likeness (QED) is 0.238. The Kier molecular flexibility index (Phi) is 6.09. The van der Waals surface area contributed by atoms with Crippen molar-refractivity contribution in [3.05, 3.63) is 62.2 Å². The summed E-state index contributed by atoms with van der Waals surface area (Å²) < 4.78 is 11.2. The van der Waals surface area contributed by atoms with Gasteiger partial charge in [-0.3, -0.25) is 10.1 Å². The third-order valence-corrected chi connectivity index (χ3v) is 7.34. The van der Waals surface area contributed by atoms with Crippen LogP contribution in [0.25, 0.3) is 11.3 Å². The molecule has 0 spiro atoms. The van der Waals surface area contributed by atoms with Gasteiger partial charge in [-0.05, 0) is 54.4 Å². The second kappa shape index (κ2) is 8.83. The number of fused-ring (bicyclic) bond motifs is 1. The van der Waals surface area contributed by atoms with Crippen LogP contribution >= 0.6 is 11.3 Å². The van der Waals surface area contributed by atoms with Crippen molar-refractivity contribution in [1.82, 2.24) is 0 Å². The Morgan fingerprint density at radius 3 is 2.79 bits per heavy atom. The summed E-state index contributed by atoms with van der Waals surface area (Å²) in [7, 11) is 1.50. The number of rotatable bonds is 5. The van der Waals surface area contributed by atoms with Gasteiger partial charge in [0, 0.05) is 17.0 Å². The monoisotopic (exact) mass is 463 g/mol. The number of nitriles is 1. The molecule has 0 radical (unpaired) electrons. The first-order chi connectivity index (χ1) is 15.7. The van der Waals surface area contributed by atoms with Crippen molar-refractivity contribution >= 4 is 28.2 Å². The van der Waals surface area contributed by atoms with E-state index in [1.165, 1.54) is 24.1 Å². The summed E-state index contributed by atoms with van der Waals surface area (Å²) in [5.74, 6) is 1.99. The van der Waals surface area contributed by atoms with Crippen LogP contribution in [0.15, 0.2) is 39.7 Å². The summed E-state index contributed by atoms with van der Waals surface area (Å²) in [6.07, 6.45) is 4.55. The molecule has 0 aliphatic heterocycles. The highest BCUT2D eigenvalue weighted by atomic mass is 32.1. The zero-order valence-electron chi connectivity index (χ0n) is 19.0. The summed E-state index contributed by atoms with van der Waals surface area (Å²) in [6.45, 7) is 6.81. The molecule has 0 bridgehead atoms. The van der Waals surface area contributed by atoms with E-state index in [4.69, 9.17) is 9.15 Å². The summed E-state index contributed by atoms with van der Waals surface area (Å²) in [4.78, 5) is 16.5. The van der Waals surface area contributed by atoms with E-state index in [-0.39, 0.29) is 11.1 Å². The fraction of sp³-hybridized carbons (Fsp3) is 0.360. The molecule has 0 unspecified atom stereocenters. The van der Waals surface area contributed by atoms with Crippen LogP contribution in [0.1, 0.15) is 49.0 Å². The molecular weight excluding hydrogens is 438 g/mol. The van der Waals surface area contributed by atoms with Gasteiger partial charge >= 0.3 is 0 Å². The molecule has 1 aliphatic carbocycles. The van der Waals surface area contributed by atoms with E-state index < -0.39 is 4.92 Å². The molecule has 170 valence electrons. The smallest absolute Gasteiger partial charge is 0.270 e. The molecule has 0 N–H and O–H groups in total. The average Bonchev–Trinajstić information content (AvgIpc) is 3.40. The van der Waals surface area contributed by atoms with Crippen LogP contribution in [-0.2, 0) is 12.8 Å². The van der Waals surface area contributed by atoms with Crippen molar-refractivity contribution in [1.29, 1.82) is 5.26 Å². The molecule has 1 aromatic carbocycles. The zero-order chi connectivity index (χ0) is 23.8. The lowest BCUT2D eigenvalue weighted by Crippen LogP contribution is -2.26. The van der Waals surface area contributed by atoms with Crippen LogP contribution in [0.2, 0.25) is 0 Å². The summed E-state index contributed by atoms with van der Waals surface area (Å²) >= 11 is 1.58. The van der Waals surface area contributed by atoms with Gasteiger partial charge in [-0.15, -0.1) is 11.3 Å². The highest BCUT2D eigenvalue weighted by Crippen LogP contribution is 2.45. The number of non-ortho nitro benzene ring substituents is 1. The number of nitro groups is 1. The topological polar surface area (TPSA) is 102 Å². The fourth-order valence-corrected chi connectivity index (χ4v) is 5.43. The Balaban J connectivity index is 1.61. The van der Waals surface area contributed by atoms with Crippen LogP contribution in [0.5, 0.6) is 5.75 Å². The molecule has 2 heterocycles. The van der Waals surface area contributed by atoms with E-state index in [1.807, 2.05) is 0 Å². The Morgan fingerprint density at radius 2 is 2.12 bits per heavy atom. The second-order valence-electron chi connectivity index (χ2n) is 9.20. The third kappa shape index (κ3) is 4.55. The van der Waals surface area contributed by atoms with Crippen LogP contribution in [0.4, 0.5) is 10.7 Å². The van der Waals surface area contributed by atoms with Gasteiger partial charge in [0.15, 0.2) is 0 Å². The number of methoxy groups -OCH3 is 1. The van der Waals surface area contributed by atoms with Crippen molar-refractivity contribution in [2.24, 2.45) is 16.3 Å². The van der Waals surface area contributed by atoms with E-state index >= 15 is 0 Å². The number of benzene rings is 1. The van der Waals surface area contributed by atoms with Crippen LogP contribution in [0, 0.1) is 32.8 Å². The number of aliphatic imine (C=N–C) groups is 1. The first-order valence-electron chi connectivity index (χ1n) is 10.7. The second-order valence-corrected chi connectivity index (χ2v) is 10.3. The van der Waals surface area contributed by atoms with E-state index in [0.717, 1.165) is 24.8 Å². The van der Waals surface area contributed by atoms with Gasteiger partial charge in [0.2, 0.25) is 0 Å². The van der Waals surface area contributed by atoms with Gasteiger partial charge in [0.25, 0.3) is 5.69 Å². The maximum atomic E-state index is 11.2. The average molecular weight is 464 g/mol. The van der Waals surface area contributed by atoms with Crippen LogP contribution in [0.3, 0.4) is 0 Å². The van der Waals surface area contributed by atoms with Crippen molar-refractivity contribution in [3.8, 4) is 23.1 Å². The predicted octanol–water partition coefficient (Wildman–Crippen LogP) is 6.70. The minimum absolute atomic E-state index is 0.0474. The molecule has 1 atom stereocenters. The highest BCUT2D eigenvalue weighted by Gasteiger charge is 2.32. The minimum Gasteiger partial charge on any atom is -0.496 e. The molecule has 2 aromatic heterocycles. The maximum Gasteiger partial charge on any atom is 0.270 e. The molecule has 3 aromatic rings. The van der Waals surface area contributed by atoms with E-state index in [0.29, 0.717) is 39.3 Å². The highest BCUT2D eigenvalue weighted by molar-refractivity contribution is 7.16. The van der Waals surface area contributed by atoms with Gasteiger partial charge in [0.05, 0.1) is 29.4 Å². The molecule has 0 saturated heterocycles. The van der Waals surface area contributed by atoms with Gasteiger partial charge in [-0.1, -0.05) is 20.8 Å². The number of hydrogen-bond donors (Lipinski definition) is 0. The van der Waals surface area contributed by atoms with Gasteiger partial charge in [-0.25, -0.2) is 4.99 Å². The lowest BCUT2D eigenvalue weighted by Gasteiger charge is -2.33. The molecule has 7 nitrogen and oxygen atoms in total. The molecule has 0 amide bonds. The fourth-order valence-electron chi connectivity index (χ4n) is 4.21. The van der Waals surface area contributed by atoms with Gasteiger partial charge < -0.3 is 9.15 Å². The largest absolute Gasteiger partial charge is 0.496 e. The van der Waals surface area contributed by atoms with E-state index in [1.54, 1.807) is 35.8 Å². The van der Waals surface area contributed by atoms with Crippen molar-refractivity contribution in [3.63, 3.8) is 0 Å².